The van der Waals surface area contributed by atoms with Gasteiger partial charge in [0.15, 0.2) is 0 Å². The van der Waals surface area contributed by atoms with Gasteiger partial charge < -0.3 is 5.32 Å². The molecule has 4 nitrogen and oxygen atoms in total. The third-order valence-corrected chi connectivity index (χ3v) is 2.74. The maximum absolute atomic E-state index is 5.90. The number of anilines is 1. The summed E-state index contributed by atoms with van der Waals surface area (Å²) < 4.78 is 0. The van der Waals surface area contributed by atoms with Gasteiger partial charge in [0.1, 0.15) is 0 Å². The fraction of sp³-hybridized carbons (Fsp3) is 0. The van der Waals surface area contributed by atoms with Gasteiger partial charge in [-0.1, -0.05) is 35.3 Å². The molecular weight excluding hydrogens is 283 g/mol. The Morgan fingerprint density at radius 2 is 1.68 bits per heavy atom. The summed E-state index contributed by atoms with van der Waals surface area (Å²) in [4.78, 5) is 4.30. The van der Waals surface area contributed by atoms with E-state index in [0.29, 0.717) is 21.7 Å². The van der Waals surface area contributed by atoms with E-state index in [2.05, 4.69) is 15.7 Å². The third-order valence-electron chi connectivity index (χ3n) is 2.27. The Morgan fingerprint density at radius 3 is 2.32 bits per heavy atom. The van der Waals surface area contributed by atoms with Gasteiger partial charge in [-0.05, 0) is 36.4 Å². The van der Waals surface area contributed by atoms with E-state index in [9.17, 15) is 0 Å². The van der Waals surface area contributed by atoms with Gasteiger partial charge in [0.05, 0.1) is 5.69 Å². The molecule has 4 N–H and O–H groups in total. The molecule has 0 heterocycles. The molecule has 19 heavy (non-hydrogen) atoms. The highest BCUT2D eigenvalue weighted by atomic mass is 35.5. The summed E-state index contributed by atoms with van der Waals surface area (Å²) in [6.07, 6.45) is 0. The summed E-state index contributed by atoms with van der Waals surface area (Å²) in [5, 5.41) is 4.26. The molecule has 6 heteroatoms. The lowest BCUT2D eigenvalue weighted by molar-refractivity contribution is 1.02. The van der Waals surface area contributed by atoms with E-state index in [-0.39, 0.29) is 0 Å². The molecule has 0 aliphatic rings. The molecule has 2 aromatic carbocycles. The molecule has 0 amide bonds. The first-order valence-corrected chi connectivity index (χ1v) is 6.26. The van der Waals surface area contributed by atoms with Crippen molar-refractivity contribution in [3.05, 3.63) is 58.6 Å². The topological polar surface area (TPSA) is 62.4 Å². The zero-order valence-corrected chi connectivity index (χ0v) is 11.4. The van der Waals surface area contributed by atoms with Crippen LogP contribution in [0.3, 0.4) is 0 Å². The number of nitrogens with two attached hydrogens (primary N) is 1. The van der Waals surface area contributed by atoms with Gasteiger partial charge in [0.25, 0.3) is 0 Å². The number of aliphatic imine (C=N–C) groups is 1. The Labute approximate surface area is 121 Å². The maximum Gasteiger partial charge on any atom is 0.215 e. The van der Waals surface area contributed by atoms with Gasteiger partial charge in [-0.2, -0.15) is 0 Å². The van der Waals surface area contributed by atoms with Gasteiger partial charge in [-0.15, -0.1) is 0 Å². The van der Waals surface area contributed by atoms with Crippen LogP contribution in [0.5, 0.6) is 0 Å². The highest BCUT2D eigenvalue weighted by Crippen LogP contribution is 2.19. The number of hydrogen-bond donors (Lipinski definition) is 3. The number of benzene rings is 2. The highest BCUT2D eigenvalue weighted by molar-refractivity contribution is 6.31. The van der Waals surface area contributed by atoms with Gasteiger partial charge >= 0.3 is 0 Å². The van der Waals surface area contributed by atoms with Crippen LogP contribution in [0.15, 0.2) is 53.5 Å². The quantitative estimate of drug-likeness (QED) is 0.343. The number of guanidine groups is 1. The second kappa shape index (κ2) is 6.43. The van der Waals surface area contributed by atoms with Crippen molar-refractivity contribution in [1.29, 1.82) is 0 Å². The summed E-state index contributed by atoms with van der Waals surface area (Å²) >= 11 is 11.8. The predicted octanol–water partition coefficient (Wildman–Crippen LogP) is 3.56. The van der Waals surface area contributed by atoms with Crippen LogP contribution in [-0.2, 0) is 0 Å². The van der Waals surface area contributed by atoms with Gasteiger partial charge in [-0.3, -0.25) is 5.43 Å². The monoisotopic (exact) mass is 294 g/mol. The van der Waals surface area contributed by atoms with Crippen molar-refractivity contribution in [2.45, 2.75) is 0 Å². The second-order valence-electron chi connectivity index (χ2n) is 3.72. The summed E-state index contributed by atoms with van der Waals surface area (Å²) in [5.74, 6) is 5.83. The van der Waals surface area contributed by atoms with E-state index in [4.69, 9.17) is 29.0 Å². The molecular formula is C13H12Cl2N4. The first-order chi connectivity index (χ1) is 9.17. The van der Waals surface area contributed by atoms with Crippen LogP contribution in [0.4, 0.5) is 11.4 Å². The van der Waals surface area contributed by atoms with E-state index in [1.54, 1.807) is 24.3 Å². The standard InChI is InChI=1S/C13H12Cl2N4/c14-9-3-1-5-11(7-9)17-13(19-16)18-12-6-2-4-10(15)8-12/h1-8H,16H2,(H2,17,18,19). The molecule has 0 saturated carbocycles. The number of hydrazine groups is 1. The molecule has 0 aliphatic heterocycles. The van der Waals surface area contributed by atoms with Crippen molar-refractivity contribution in [2.75, 3.05) is 5.32 Å². The normalized spacial score (nSPS) is 11.2. The van der Waals surface area contributed by atoms with Crippen LogP contribution in [-0.4, -0.2) is 5.96 Å². The predicted molar refractivity (Wildman–Crippen MR) is 80.9 cm³/mol. The molecule has 0 aromatic heterocycles. The van der Waals surface area contributed by atoms with Crippen LogP contribution in [0.1, 0.15) is 0 Å². The Kier molecular flexibility index (Phi) is 4.63. The van der Waals surface area contributed by atoms with E-state index in [1.165, 1.54) is 0 Å². The number of nitrogens with one attached hydrogen (secondary N) is 2. The van der Waals surface area contributed by atoms with Crippen LogP contribution >= 0.6 is 23.2 Å². The molecule has 0 saturated heterocycles. The zero-order chi connectivity index (χ0) is 13.7. The van der Waals surface area contributed by atoms with Crippen molar-refractivity contribution >= 4 is 40.5 Å². The van der Waals surface area contributed by atoms with Crippen LogP contribution < -0.4 is 16.6 Å². The van der Waals surface area contributed by atoms with Gasteiger partial charge in [-0.25, -0.2) is 10.8 Å². The molecule has 0 fully saturated rings. The molecule has 0 radical (unpaired) electrons. The van der Waals surface area contributed by atoms with Gasteiger partial charge in [0.2, 0.25) is 5.96 Å². The third kappa shape index (κ3) is 4.13. The minimum Gasteiger partial charge on any atom is -0.325 e. The summed E-state index contributed by atoms with van der Waals surface area (Å²) in [7, 11) is 0. The van der Waals surface area contributed by atoms with Crippen LogP contribution in [0.25, 0.3) is 0 Å². The zero-order valence-electron chi connectivity index (χ0n) is 9.90. The summed E-state index contributed by atoms with van der Waals surface area (Å²) in [5.41, 5.74) is 3.96. The number of nitrogens with zero attached hydrogens (tertiary/aromatic N) is 1. The molecule has 98 valence electrons. The molecule has 0 spiro atoms. The number of hydrogen-bond acceptors (Lipinski definition) is 2. The minimum absolute atomic E-state index is 0.393. The van der Waals surface area contributed by atoms with Crippen molar-refractivity contribution in [3.8, 4) is 0 Å². The molecule has 2 aromatic rings. The van der Waals surface area contributed by atoms with Crippen molar-refractivity contribution in [1.82, 2.24) is 5.43 Å². The van der Waals surface area contributed by atoms with E-state index in [0.717, 1.165) is 5.69 Å². The van der Waals surface area contributed by atoms with Crippen LogP contribution in [0.2, 0.25) is 10.0 Å². The Bertz CT molecular complexity index is 599. The van der Waals surface area contributed by atoms with E-state index >= 15 is 0 Å². The SMILES string of the molecule is NNC(=Nc1cccc(Cl)c1)Nc1cccc(Cl)c1. The summed E-state index contributed by atoms with van der Waals surface area (Å²) in [6.45, 7) is 0. The Balaban J connectivity index is 2.20. The van der Waals surface area contributed by atoms with E-state index in [1.807, 2.05) is 24.3 Å². The lowest BCUT2D eigenvalue weighted by atomic mass is 10.3. The van der Waals surface area contributed by atoms with E-state index < -0.39 is 0 Å². The summed E-state index contributed by atoms with van der Waals surface area (Å²) in [6, 6.07) is 14.4. The van der Waals surface area contributed by atoms with Crippen LogP contribution in [0, 0.1) is 0 Å². The fourth-order valence-corrected chi connectivity index (χ4v) is 1.85. The average Bonchev–Trinajstić information content (AvgIpc) is 2.38. The first-order valence-electron chi connectivity index (χ1n) is 5.51. The Hall–Kier alpha value is -1.75. The molecule has 0 aliphatic carbocycles. The minimum atomic E-state index is 0.393. The molecule has 2 rings (SSSR count). The van der Waals surface area contributed by atoms with Gasteiger partial charge in [0, 0.05) is 15.7 Å². The van der Waals surface area contributed by atoms with Crippen molar-refractivity contribution in [3.63, 3.8) is 0 Å². The second-order valence-corrected chi connectivity index (χ2v) is 4.59. The fourth-order valence-electron chi connectivity index (χ4n) is 1.47. The van der Waals surface area contributed by atoms with Crippen molar-refractivity contribution < 1.29 is 0 Å². The highest BCUT2D eigenvalue weighted by Gasteiger charge is 2.00. The smallest absolute Gasteiger partial charge is 0.215 e. The number of rotatable bonds is 2. The maximum atomic E-state index is 5.90. The average molecular weight is 295 g/mol. The van der Waals surface area contributed by atoms with Crippen molar-refractivity contribution in [2.24, 2.45) is 10.8 Å². The largest absolute Gasteiger partial charge is 0.325 e. The lowest BCUT2D eigenvalue weighted by Crippen LogP contribution is -2.35. The lowest BCUT2D eigenvalue weighted by Gasteiger charge is -2.09. The molecule has 0 atom stereocenters. The molecule has 0 unspecified atom stereocenters. The number of halogens is 2. The first kappa shape index (κ1) is 13.7. The Morgan fingerprint density at radius 1 is 1.00 bits per heavy atom. The molecule has 0 bridgehead atoms.